The molecular formula is C23H40N4O. The Hall–Kier alpha value is -1.59. The van der Waals surface area contributed by atoms with Crippen molar-refractivity contribution in [3.8, 4) is 0 Å². The van der Waals surface area contributed by atoms with Crippen LogP contribution >= 0.6 is 0 Å². The third-order valence-electron chi connectivity index (χ3n) is 6.05. The lowest BCUT2D eigenvalue weighted by molar-refractivity contribution is 0.105. The van der Waals surface area contributed by atoms with Crippen LogP contribution in [0.4, 0.5) is 0 Å². The van der Waals surface area contributed by atoms with Crippen molar-refractivity contribution in [3.63, 3.8) is 0 Å². The molecule has 1 aliphatic rings. The van der Waals surface area contributed by atoms with E-state index in [0.717, 1.165) is 45.1 Å². The van der Waals surface area contributed by atoms with Crippen LogP contribution in [-0.4, -0.2) is 64.3 Å². The van der Waals surface area contributed by atoms with Crippen LogP contribution in [0.1, 0.15) is 44.6 Å². The number of hydrogen-bond acceptors (Lipinski definition) is 3. The van der Waals surface area contributed by atoms with Gasteiger partial charge in [-0.15, -0.1) is 0 Å². The topological polar surface area (TPSA) is 48.9 Å². The maximum atomic E-state index is 5.64. The summed E-state index contributed by atoms with van der Waals surface area (Å²) in [5.74, 6) is 0.905. The number of hydrogen-bond donors (Lipinski definition) is 2. The molecule has 0 bridgehead atoms. The Morgan fingerprint density at radius 2 is 1.89 bits per heavy atom. The summed E-state index contributed by atoms with van der Waals surface area (Å²) in [4.78, 5) is 6.75. The summed E-state index contributed by atoms with van der Waals surface area (Å²) in [5, 5.41) is 7.15. The largest absolute Gasteiger partial charge is 0.382 e. The molecule has 1 atom stereocenters. The Bertz CT molecular complexity index is 567. The molecule has 0 heterocycles. The second kappa shape index (κ2) is 12.1. The van der Waals surface area contributed by atoms with E-state index in [2.05, 4.69) is 71.9 Å². The van der Waals surface area contributed by atoms with Gasteiger partial charge in [0.25, 0.3) is 0 Å². The number of guanidine groups is 1. The van der Waals surface area contributed by atoms with Gasteiger partial charge in [-0.1, -0.05) is 43.2 Å². The summed E-state index contributed by atoms with van der Waals surface area (Å²) >= 11 is 0. The first-order valence-corrected chi connectivity index (χ1v) is 10.8. The molecule has 0 amide bonds. The fourth-order valence-electron chi connectivity index (χ4n) is 4.10. The SMILES string of the molecule is CCOCCC1(CNC(=NC)NCC(Cc2ccccc2)N(C)C)CCCC1. The number of likely N-dealkylation sites (N-methyl/N-ethyl adjacent to an activating group) is 1. The zero-order chi connectivity index (χ0) is 20.2. The minimum Gasteiger partial charge on any atom is -0.382 e. The maximum absolute atomic E-state index is 5.64. The highest BCUT2D eigenvalue weighted by Crippen LogP contribution is 2.40. The van der Waals surface area contributed by atoms with Crippen LogP contribution in [0.15, 0.2) is 35.3 Å². The first kappa shape index (κ1) is 22.7. The molecule has 2 rings (SSSR count). The summed E-state index contributed by atoms with van der Waals surface area (Å²) in [6.45, 7) is 5.59. The monoisotopic (exact) mass is 388 g/mol. The quantitative estimate of drug-likeness (QED) is 0.347. The standard InChI is InChI=1S/C23H40N4O/c1-5-28-16-15-23(13-9-10-14-23)19-26-22(24-2)25-18-21(27(3)4)17-20-11-7-6-8-12-20/h6-8,11-12,21H,5,9-10,13-19H2,1-4H3,(H2,24,25,26). The van der Waals surface area contributed by atoms with Crippen LogP contribution < -0.4 is 10.6 Å². The van der Waals surface area contributed by atoms with Crippen LogP contribution in [0.25, 0.3) is 0 Å². The van der Waals surface area contributed by atoms with Crippen LogP contribution in [0, 0.1) is 5.41 Å². The molecule has 1 fully saturated rings. The average Bonchev–Trinajstić information content (AvgIpc) is 3.17. The van der Waals surface area contributed by atoms with E-state index in [-0.39, 0.29) is 0 Å². The van der Waals surface area contributed by atoms with Crippen molar-refractivity contribution in [2.75, 3.05) is 47.4 Å². The Kier molecular flexibility index (Phi) is 9.79. The molecule has 0 aromatic heterocycles. The molecule has 5 heteroatoms. The lowest BCUT2D eigenvalue weighted by Crippen LogP contribution is -2.48. The smallest absolute Gasteiger partial charge is 0.191 e. The van der Waals surface area contributed by atoms with Gasteiger partial charge in [0, 0.05) is 39.4 Å². The highest BCUT2D eigenvalue weighted by Gasteiger charge is 2.33. The molecule has 0 saturated heterocycles. The van der Waals surface area contributed by atoms with Gasteiger partial charge in [0.2, 0.25) is 0 Å². The van der Waals surface area contributed by atoms with Gasteiger partial charge in [-0.25, -0.2) is 0 Å². The predicted octanol–water partition coefficient (Wildman–Crippen LogP) is 3.31. The van der Waals surface area contributed by atoms with Crippen LogP contribution in [0.3, 0.4) is 0 Å². The zero-order valence-electron chi connectivity index (χ0n) is 18.3. The minimum absolute atomic E-state index is 0.359. The molecule has 5 nitrogen and oxygen atoms in total. The van der Waals surface area contributed by atoms with E-state index in [4.69, 9.17) is 4.74 Å². The average molecular weight is 389 g/mol. The van der Waals surface area contributed by atoms with Gasteiger partial charge >= 0.3 is 0 Å². The molecule has 1 aromatic rings. The molecule has 1 unspecified atom stereocenters. The number of benzene rings is 1. The van der Waals surface area contributed by atoms with E-state index < -0.39 is 0 Å². The van der Waals surface area contributed by atoms with Gasteiger partial charge in [-0.05, 0) is 57.7 Å². The molecule has 0 spiro atoms. The van der Waals surface area contributed by atoms with E-state index in [1.54, 1.807) is 0 Å². The van der Waals surface area contributed by atoms with Crippen LogP contribution in [0.5, 0.6) is 0 Å². The van der Waals surface area contributed by atoms with Crippen molar-refractivity contribution in [3.05, 3.63) is 35.9 Å². The highest BCUT2D eigenvalue weighted by molar-refractivity contribution is 5.79. The fraction of sp³-hybridized carbons (Fsp3) is 0.696. The van der Waals surface area contributed by atoms with E-state index >= 15 is 0 Å². The Morgan fingerprint density at radius 1 is 1.18 bits per heavy atom. The van der Waals surface area contributed by atoms with Crippen molar-refractivity contribution in [2.24, 2.45) is 10.4 Å². The Balaban J connectivity index is 1.84. The summed E-state index contributed by atoms with van der Waals surface area (Å²) < 4.78 is 5.64. The third-order valence-corrected chi connectivity index (χ3v) is 6.05. The first-order valence-electron chi connectivity index (χ1n) is 10.8. The fourth-order valence-corrected chi connectivity index (χ4v) is 4.10. The van der Waals surface area contributed by atoms with Crippen molar-refractivity contribution in [1.82, 2.24) is 15.5 Å². The van der Waals surface area contributed by atoms with E-state index in [1.165, 1.54) is 31.2 Å². The molecule has 1 aromatic carbocycles. The Labute approximate surface area is 171 Å². The minimum atomic E-state index is 0.359. The molecule has 28 heavy (non-hydrogen) atoms. The summed E-state index contributed by atoms with van der Waals surface area (Å²) in [6.07, 6.45) is 7.41. The maximum Gasteiger partial charge on any atom is 0.191 e. The normalized spacial score (nSPS) is 17.7. The number of nitrogens with one attached hydrogen (secondary N) is 2. The molecule has 1 aliphatic carbocycles. The van der Waals surface area contributed by atoms with Crippen molar-refractivity contribution in [1.29, 1.82) is 0 Å². The van der Waals surface area contributed by atoms with E-state index in [0.29, 0.717) is 11.5 Å². The van der Waals surface area contributed by atoms with Crippen LogP contribution in [-0.2, 0) is 11.2 Å². The lowest BCUT2D eigenvalue weighted by Gasteiger charge is -2.31. The summed E-state index contributed by atoms with van der Waals surface area (Å²) in [7, 11) is 6.15. The highest BCUT2D eigenvalue weighted by atomic mass is 16.5. The number of rotatable bonds is 11. The van der Waals surface area contributed by atoms with Gasteiger partial charge in [-0.3, -0.25) is 4.99 Å². The van der Waals surface area contributed by atoms with Gasteiger partial charge in [0.05, 0.1) is 0 Å². The molecule has 2 N–H and O–H groups in total. The van der Waals surface area contributed by atoms with E-state index in [1.807, 2.05) is 7.05 Å². The van der Waals surface area contributed by atoms with Gasteiger partial charge < -0.3 is 20.3 Å². The second-order valence-electron chi connectivity index (χ2n) is 8.27. The van der Waals surface area contributed by atoms with Gasteiger partial charge in [0.15, 0.2) is 5.96 Å². The molecule has 0 radical (unpaired) electrons. The molecular weight excluding hydrogens is 348 g/mol. The molecule has 1 saturated carbocycles. The molecule has 0 aliphatic heterocycles. The predicted molar refractivity (Wildman–Crippen MR) is 119 cm³/mol. The third kappa shape index (κ3) is 7.44. The zero-order valence-corrected chi connectivity index (χ0v) is 18.3. The van der Waals surface area contributed by atoms with Gasteiger partial charge in [0.1, 0.15) is 0 Å². The second-order valence-corrected chi connectivity index (χ2v) is 8.27. The number of ether oxygens (including phenoxy) is 1. The Morgan fingerprint density at radius 3 is 2.50 bits per heavy atom. The van der Waals surface area contributed by atoms with Crippen molar-refractivity contribution < 1.29 is 4.74 Å². The lowest BCUT2D eigenvalue weighted by atomic mass is 9.83. The molecule has 158 valence electrons. The summed E-state index contributed by atoms with van der Waals surface area (Å²) in [5.41, 5.74) is 1.73. The number of aliphatic imine (C=N–C) groups is 1. The van der Waals surface area contributed by atoms with E-state index in [9.17, 15) is 0 Å². The van der Waals surface area contributed by atoms with Crippen LogP contribution in [0.2, 0.25) is 0 Å². The first-order chi connectivity index (χ1) is 13.6. The summed E-state index contributed by atoms with van der Waals surface area (Å²) in [6, 6.07) is 11.1. The van der Waals surface area contributed by atoms with Gasteiger partial charge in [-0.2, -0.15) is 0 Å². The van der Waals surface area contributed by atoms with Crippen molar-refractivity contribution in [2.45, 2.75) is 51.5 Å². The number of nitrogens with zero attached hydrogens (tertiary/aromatic N) is 2. The van der Waals surface area contributed by atoms with Crippen molar-refractivity contribution >= 4 is 5.96 Å².